The Morgan fingerprint density at radius 1 is 1.50 bits per heavy atom. The van der Waals surface area contributed by atoms with Crippen LogP contribution < -0.4 is 5.73 Å². The van der Waals surface area contributed by atoms with Gasteiger partial charge in [0.1, 0.15) is 11.3 Å². The maximum atomic E-state index is 13.3. The lowest BCUT2D eigenvalue weighted by atomic mass is 10.0. The number of thioether (sulfide) groups is 1. The molecule has 0 radical (unpaired) electrons. The third-order valence-electron chi connectivity index (χ3n) is 2.61. The molecule has 2 N–H and O–H groups in total. The number of nitrogens with zero attached hydrogens (tertiary/aromatic N) is 2. The third-order valence-corrected chi connectivity index (χ3v) is 4.82. The molecular weight excluding hydrogens is 269 g/mol. The molecule has 6 heteroatoms. The van der Waals surface area contributed by atoms with Crippen molar-refractivity contribution in [2.75, 3.05) is 0 Å². The lowest BCUT2D eigenvalue weighted by Gasteiger charge is -2.21. The molecule has 0 spiro atoms. The molecule has 1 aromatic heterocycles. The van der Waals surface area contributed by atoms with Crippen molar-refractivity contribution in [3.63, 3.8) is 0 Å². The first kappa shape index (κ1) is 13.5. The van der Waals surface area contributed by atoms with Crippen LogP contribution in [0.25, 0.3) is 0 Å². The van der Waals surface area contributed by atoms with Crippen LogP contribution in [0.4, 0.5) is 4.39 Å². The Balaban J connectivity index is 2.25. The zero-order chi connectivity index (χ0) is 13.0. The van der Waals surface area contributed by atoms with Gasteiger partial charge in [0.05, 0.1) is 5.25 Å². The van der Waals surface area contributed by atoms with Crippen LogP contribution >= 0.6 is 23.1 Å². The monoisotopic (exact) mass is 283 g/mol. The van der Waals surface area contributed by atoms with Crippen molar-refractivity contribution in [1.29, 1.82) is 0 Å². The van der Waals surface area contributed by atoms with Crippen LogP contribution in [0.5, 0.6) is 0 Å². The highest BCUT2D eigenvalue weighted by atomic mass is 32.2. The lowest BCUT2D eigenvalue weighted by molar-refractivity contribution is 0.609. The summed E-state index contributed by atoms with van der Waals surface area (Å²) >= 11 is 3.01. The van der Waals surface area contributed by atoms with Crippen molar-refractivity contribution in [3.8, 4) is 0 Å². The highest BCUT2D eigenvalue weighted by Gasteiger charge is 2.21. The molecule has 3 nitrogen and oxygen atoms in total. The second-order valence-electron chi connectivity index (χ2n) is 3.87. The van der Waals surface area contributed by atoms with Gasteiger partial charge in [-0.25, -0.2) is 4.39 Å². The van der Waals surface area contributed by atoms with Gasteiger partial charge in [-0.3, -0.25) is 0 Å². The van der Waals surface area contributed by atoms with E-state index in [0.29, 0.717) is 0 Å². The van der Waals surface area contributed by atoms with Gasteiger partial charge in [0, 0.05) is 6.04 Å². The topological polar surface area (TPSA) is 51.8 Å². The van der Waals surface area contributed by atoms with E-state index in [-0.39, 0.29) is 17.1 Å². The normalized spacial score (nSPS) is 14.4. The van der Waals surface area contributed by atoms with Gasteiger partial charge in [-0.15, -0.1) is 10.2 Å². The van der Waals surface area contributed by atoms with Gasteiger partial charge in [0.2, 0.25) is 0 Å². The molecule has 2 rings (SSSR count). The van der Waals surface area contributed by atoms with Crippen LogP contribution in [-0.2, 0) is 0 Å². The van der Waals surface area contributed by atoms with Crippen molar-refractivity contribution < 1.29 is 4.39 Å². The fourth-order valence-corrected chi connectivity index (χ4v) is 3.53. The van der Waals surface area contributed by atoms with E-state index in [1.54, 1.807) is 23.3 Å². The van der Waals surface area contributed by atoms with Crippen molar-refractivity contribution in [2.24, 2.45) is 5.73 Å². The van der Waals surface area contributed by atoms with Gasteiger partial charge in [0.25, 0.3) is 0 Å². The molecule has 2 atom stereocenters. The quantitative estimate of drug-likeness (QED) is 0.856. The van der Waals surface area contributed by atoms with E-state index >= 15 is 0 Å². The molecule has 0 amide bonds. The molecule has 18 heavy (non-hydrogen) atoms. The number of rotatable bonds is 5. The molecule has 2 aromatic rings. The largest absolute Gasteiger partial charge is 0.326 e. The molecule has 0 saturated heterocycles. The first-order valence-corrected chi connectivity index (χ1v) is 7.40. The van der Waals surface area contributed by atoms with E-state index in [2.05, 4.69) is 10.2 Å². The first-order chi connectivity index (χ1) is 8.70. The van der Waals surface area contributed by atoms with Gasteiger partial charge in [-0.05, 0) is 24.1 Å². The van der Waals surface area contributed by atoms with Gasteiger partial charge in [0.15, 0.2) is 4.34 Å². The summed E-state index contributed by atoms with van der Waals surface area (Å²) < 4.78 is 14.2. The van der Waals surface area contributed by atoms with Crippen LogP contribution in [0.15, 0.2) is 34.1 Å². The van der Waals surface area contributed by atoms with E-state index in [1.165, 1.54) is 23.5 Å². The summed E-state index contributed by atoms with van der Waals surface area (Å²) in [5.74, 6) is -0.237. The zero-order valence-corrected chi connectivity index (χ0v) is 11.5. The Morgan fingerprint density at radius 2 is 2.33 bits per heavy atom. The van der Waals surface area contributed by atoms with E-state index in [4.69, 9.17) is 5.73 Å². The van der Waals surface area contributed by atoms with Gasteiger partial charge < -0.3 is 5.73 Å². The van der Waals surface area contributed by atoms with Crippen LogP contribution in [-0.4, -0.2) is 16.2 Å². The average Bonchev–Trinajstić information content (AvgIpc) is 2.88. The minimum atomic E-state index is -0.237. The predicted octanol–water partition coefficient (Wildman–Crippen LogP) is 3.25. The smallest absolute Gasteiger partial charge is 0.174 e. The Bertz CT molecular complexity index is 490. The van der Waals surface area contributed by atoms with Gasteiger partial charge in [-0.2, -0.15) is 0 Å². The molecule has 96 valence electrons. The van der Waals surface area contributed by atoms with Gasteiger partial charge >= 0.3 is 0 Å². The van der Waals surface area contributed by atoms with E-state index < -0.39 is 0 Å². The highest BCUT2D eigenvalue weighted by molar-refractivity contribution is 8.01. The number of hydrogen-bond donors (Lipinski definition) is 1. The van der Waals surface area contributed by atoms with Crippen molar-refractivity contribution in [1.82, 2.24) is 10.2 Å². The number of aromatic nitrogens is 2. The lowest BCUT2D eigenvalue weighted by Crippen LogP contribution is -2.25. The maximum Gasteiger partial charge on any atom is 0.174 e. The second kappa shape index (κ2) is 6.26. The minimum absolute atomic E-state index is 0.00125. The summed E-state index contributed by atoms with van der Waals surface area (Å²) in [6.45, 7) is 2.03. The summed E-state index contributed by atoms with van der Waals surface area (Å²) in [5.41, 5.74) is 8.71. The summed E-state index contributed by atoms with van der Waals surface area (Å²) in [5, 5.41) is 7.81. The SMILES string of the molecule is CCC(N)C(Sc1nncs1)c1cccc(F)c1. The number of halogens is 1. The maximum absolute atomic E-state index is 13.3. The molecule has 1 heterocycles. The van der Waals surface area contributed by atoms with Crippen LogP contribution in [0.2, 0.25) is 0 Å². The molecule has 0 aliphatic heterocycles. The average molecular weight is 283 g/mol. The van der Waals surface area contributed by atoms with Crippen molar-refractivity contribution in [2.45, 2.75) is 29.0 Å². The fraction of sp³-hybridized carbons (Fsp3) is 0.333. The van der Waals surface area contributed by atoms with E-state index in [1.807, 2.05) is 13.0 Å². The van der Waals surface area contributed by atoms with Crippen LogP contribution in [0.3, 0.4) is 0 Å². The number of benzene rings is 1. The van der Waals surface area contributed by atoms with E-state index in [9.17, 15) is 4.39 Å². The third kappa shape index (κ3) is 3.28. The molecule has 1 aromatic carbocycles. The van der Waals surface area contributed by atoms with E-state index in [0.717, 1.165) is 16.3 Å². The Hall–Kier alpha value is -0.980. The molecular formula is C12H14FN3S2. The highest BCUT2D eigenvalue weighted by Crippen LogP contribution is 2.38. The summed E-state index contributed by atoms with van der Waals surface area (Å²) in [6.07, 6.45) is 0.826. The van der Waals surface area contributed by atoms with Crippen LogP contribution in [0, 0.1) is 5.82 Å². The Kier molecular flexibility index (Phi) is 4.68. The Morgan fingerprint density at radius 3 is 2.94 bits per heavy atom. The molecule has 0 fully saturated rings. The second-order valence-corrected chi connectivity index (χ2v) is 6.09. The fourth-order valence-electron chi connectivity index (χ4n) is 1.62. The standard InChI is InChI=1S/C12H14FN3S2/c1-2-10(14)11(18-12-16-15-7-17-12)8-4-3-5-9(13)6-8/h3-7,10-11H,2,14H2,1H3. The Labute approximate surface area is 114 Å². The molecule has 0 bridgehead atoms. The molecule has 0 saturated carbocycles. The zero-order valence-electron chi connectivity index (χ0n) is 9.91. The number of nitrogens with two attached hydrogens (primary N) is 1. The predicted molar refractivity (Wildman–Crippen MR) is 73.2 cm³/mol. The molecule has 0 aliphatic rings. The summed E-state index contributed by atoms with van der Waals surface area (Å²) in [6, 6.07) is 6.54. The van der Waals surface area contributed by atoms with Crippen molar-refractivity contribution >= 4 is 23.1 Å². The van der Waals surface area contributed by atoms with Crippen molar-refractivity contribution in [3.05, 3.63) is 41.2 Å². The van der Waals surface area contributed by atoms with Crippen LogP contribution in [0.1, 0.15) is 24.2 Å². The number of hydrogen-bond acceptors (Lipinski definition) is 5. The molecule has 0 aliphatic carbocycles. The minimum Gasteiger partial charge on any atom is -0.326 e. The summed E-state index contributed by atoms with van der Waals surface area (Å²) in [4.78, 5) is 0. The molecule has 2 unspecified atom stereocenters. The first-order valence-electron chi connectivity index (χ1n) is 5.64. The van der Waals surface area contributed by atoms with Gasteiger partial charge in [-0.1, -0.05) is 42.2 Å². The summed E-state index contributed by atoms with van der Waals surface area (Å²) in [7, 11) is 0.